The molecule has 106 valence electrons. The van der Waals surface area contributed by atoms with Crippen molar-refractivity contribution in [3.8, 4) is 0 Å². The molecule has 0 radical (unpaired) electrons. The second kappa shape index (κ2) is 7.35. The maximum Gasteiger partial charge on any atom is 0.358 e. The van der Waals surface area contributed by atoms with Crippen molar-refractivity contribution in [2.45, 2.75) is 0 Å². The standard InChI is InChI=1S/C15H12BrN3O2/c16-12-7-4-11(5-8-12)6-9-14(20)21-19-15(17)13-3-1-2-10-18-13/h1-10H,(H2,17,19). The van der Waals surface area contributed by atoms with Crippen molar-refractivity contribution in [3.63, 3.8) is 0 Å². The lowest BCUT2D eigenvalue weighted by atomic mass is 10.2. The topological polar surface area (TPSA) is 77.6 Å². The summed E-state index contributed by atoms with van der Waals surface area (Å²) in [6.07, 6.45) is 4.48. The first-order valence-corrected chi connectivity index (χ1v) is 6.84. The second-order valence-electron chi connectivity index (χ2n) is 3.99. The van der Waals surface area contributed by atoms with Crippen LogP contribution in [-0.2, 0) is 9.63 Å². The van der Waals surface area contributed by atoms with Crippen molar-refractivity contribution in [3.05, 3.63) is 70.5 Å². The number of carbonyl (C=O) groups excluding carboxylic acids is 1. The highest BCUT2D eigenvalue weighted by molar-refractivity contribution is 9.10. The number of benzene rings is 1. The SMILES string of the molecule is NC(=NOC(=O)C=Cc1ccc(Br)cc1)c1ccccn1. The van der Waals surface area contributed by atoms with E-state index in [0.29, 0.717) is 5.69 Å². The molecular formula is C15H12BrN3O2. The number of nitrogens with zero attached hydrogens (tertiary/aromatic N) is 2. The van der Waals surface area contributed by atoms with Gasteiger partial charge in [-0.1, -0.05) is 39.3 Å². The quantitative estimate of drug-likeness (QED) is 0.304. The molecule has 0 aliphatic carbocycles. The molecule has 2 N–H and O–H groups in total. The smallest absolute Gasteiger partial charge is 0.358 e. The summed E-state index contributed by atoms with van der Waals surface area (Å²) < 4.78 is 0.968. The van der Waals surface area contributed by atoms with E-state index in [0.717, 1.165) is 10.0 Å². The second-order valence-corrected chi connectivity index (χ2v) is 4.90. The van der Waals surface area contributed by atoms with Crippen LogP contribution in [0.15, 0.2) is 64.4 Å². The molecule has 0 atom stereocenters. The number of nitrogens with two attached hydrogens (primary N) is 1. The molecule has 0 bridgehead atoms. The summed E-state index contributed by atoms with van der Waals surface area (Å²) in [6.45, 7) is 0. The predicted molar refractivity (Wildman–Crippen MR) is 84.2 cm³/mol. The molecule has 0 amide bonds. The molecule has 0 fully saturated rings. The average molecular weight is 346 g/mol. The molecule has 2 rings (SSSR count). The van der Waals surface area contributed by atoms with Crippen molar-refractivity contribution in [2.75, 3.05) is 0 Å². The summed E-state index contributed by atoms with van der Waals surface area (Å²) in [5.74, 6) is -0.571. The van der Waals surface area contributed by atoms with Gasteiger partial charge in [-0.3, -0.25) is 4.98 Å². The number of hydrogen-bond acceptors (Lipinski definition) is 4. The van der Waals surface area contributed by atoms with E-state index in [4.69, 9.17) is 10.6 Å². The molecule has 21 heavy (non-hydrogen) atoms. The van der Waals surface area contributed by atoms with Crippen LogP contribution in [0, 0.1) is 0 Å². The lowest BCUT2D eigenvalue weighted by molar-refractivity contribution is -0.137. The Bertz CT molecular complexity index is 667. The van der Waals surface area contributed by atoms with Crippen LogP contribution in [0.3, 0.4) is 0 Å². The van der Waals surface area contributed by atoms with Gasteiger partial charge in [0.05, 0.1) is 0 Å². The van der Waals surface area contributed by atoms with Crippen LogP contribution in [0.25, 0.3) is 6.08 Å². The van der Waals surface area contributed by atoms with Crippen LogP contribution in [0.5, 0.6) is 0 Å². The number of aromatic nitrogens is 1. The zero-order valence-electron chi connectivity index (χ0n) is 10.9. The van der Waals surface area contributed by atoms with Gasteiger partial charge in [0.15, 0.2) is 5.84 Å². The minimum Gasteiger partial charge on any atom is -0.379 e. The Morgan fingerprint density at radius 3 is 2.67 bits per heavy atom. The third kappa shape index (κ3) is 4.85. The zero-order valence-corrected chi connectivity index (χ0v) is 12.5. The highest BCUT2D eigenvalue weighted by Gasteiger charge is 2.01. The van der Waals surface area contributed by atoms with Crippen LogP contribution in [0.1, 0.15) is 11.3 Å². The molecule has 1 aromatic heterocycles. The van der Waals surface area contributed by atoms with E-state index >= 15 is 0 Å². The van der Waals surface area contributed by atoms with Gasteiger partial charge in [0.2, 0.25) is 0 Å². The van der Waals surface area contributed by atoms with Gasteiger partial charge < -0.3 is 10.6 Å². The summed E-state index contributed by atoms with van der Waals surface area (Å²) >= 11 is 3.34. The van der Waals surface area contributed by atoms with E-state index in [2.05, 4.69) is 26.1 Å². The normalized spacial score (nSPS) is 11.6. The highest BCUT2D eigenvalue weighted by Crippen LogP contribution is 2.11. The van der Waals surface area contributed by atoms with Gasteiger partial charge in [-0.25, -0.2) is 4.79 Å². The number of pyridine rings is 1. The molecule has 0 aliphatic heterocycles. The summed E-state index contributed by atoms with van der Waals surface area (Å²) in [5, 5.41) is 3.54. The Hall–Kier alpha value is -2.47. The molecule has 6 heteroatoms. The van der Waals surface area contributed by atoms with Gasteiger partial charge in [0.25, 0.3) is 0 Å². The number of oxime groups is 1. The van der Waals surface area contributed by atoms with E-state index in [1.807, 2.05) is 24.3 Å². The van der Waals surface area contributed by atoms with Crippen molar-refractivity contribution < 1.29 is 9.63 Å². The van der Waals surface area contributed by atoms with Gasteiger partial charge in [0, 0.05) is 16.7 Å². The molecule has 0 spiro atoms. The lowest BCUT2D eigenvalue weighted by Crippen LogP contribution is -2.16. The molecular weight excluding hydrogens is 334 g/mol. The van der Waals surface area contributed by atoms with E-state index in [1.54, 1.807) is 30.5 Å². The fraction of sp³-hybridized carbons (Fsp3) is 0. The van der Waals surface area contributed by atoms with Crippen LogP contribution in [0.2, 0.25) is 0 Å². The van der Waals surface area contributed by atoms with Crippen LogP contribution < -0.4 is 5.73 Å². The van der Waals surface area contributed by atoms with Crippen LogP contribution in [-0.4, -0.2) is 16.8 Å². The molecule has 5 nitrogen and oxygen atoms in total. The van der Waals surface area contributed by atoms with Gasteiger partial charge in [0.1, 0.15) is 5.69 Å². The van der Waals surface area contributed by atoms with E-state index < -0.39 is 5.97 Å². The molecule has 2 aromatic rings. The lowest BCUT2D eigenvalue weighted by Gasteiger charge is -1.98. The third-order valence-corrected chi connectivity index (χ3v) is 2.97. The van der Waals surface area contributed by atoms with Gasteiger partial charge in [-0.05, 0) is 35.9 Å². The maximum absolute atomic E-state index is 11.5. The summed E-state index contributed by atoms with van der Waals surface area (Å²) in [4.78, 5) is 20.2. The van der Waals surface area contributed by atoms with E-state index in [9.17, 15) is 4.79 Å². The minimum absolute atomic E-state index is 0.0426. The molecule has 0 aliphatic rings. The first-order valence-electron chi connectivity index (χ1n) is 6.04. The highest BCUT2D eigenvalue weighted by atomic mass is 79.9. The third-order valence-electron chi connectivity index (χ3n) is 2.44. The number of hydrogen-bond donors (Lipinski definition) is 1. The maximum atomic E-state index is 11.5. The Balaban J connectivity index is 1.94. The molecule has 0 unspecified atom stereocenters. The predicted octanol–water partition coefficient (Wildman–Crippen LogP) is 2.72. The number of amidine groups is 1. The van der Waals surface area contributed by atoms with Gasteiger partial charge >= 0.3 is 5.97 Å². The Kier molecular flexibility index (Phi) is 5.22. The van der Waals surface area contributed by atoms with Crippen molar-refractivity contribution in [1.82, 2.24) is 4.98 Å². The first-order chi connectivity index (χ1) is 10.1. The van der Waals surface area contributed by atoms with Gasteiger partial charge in [-0.15, -0.1) is 0 Å². The fourth-order valence-corrected chi connectivity index (χ4v) is 1.69. The van der Waals surface area contributed by atoms with Crippen molar-refractivity contribution in [1.29, 1.82) is 0 Å². The molecule has 0 saturated carbocycles. The van der Waals surface area contributed by atoms with Crippen LogP contribution in [0.4, 0.5) is 0 Å². The summed E-state index contributed by atoms with van der Waals surface area (Å²) in [7, 11) is 0. The van der Waals surface area contributed by atoms with Crippen LogP contribution >= 0.6 is 15.9 Å². The van der Waals surface area contributed by atoms with Crippen molar-refractivity contribution in [2.24, 2.45) is 10.9 Å². The summed E-state index contributed by atoms with van der Waals surface area (Å²) in [6, 6.07) is 12.7. The molecule has 1 heterocycles. The number of rotatable bonds is 4. The average Bonchev–Trinajstić information content (AvgIpc) is 2.53. The zero-order chi connectivity index (χ0) is 15.1. The van der Waals surface area contributed by atoms with E-state index in [-0.39, 0.29) is 5.84 Å². The minimum atomic E-state index is -0.614. The molecule has 0 saturated heterocycles. The fourth-order valence-electron chi connectivity index (χ4n) is 1.42. The Morgan fingerprint density at radius 2 is 2.00 bits per heavy atom. The van der Waals surface area contributed by atoms with Gasteiger partial charge in [-0.2, -0.15) is 0 Å². The Morgan fingerprint density at radius 1 is 1.24 bits per heavy atom. The monoisotopic (exact) mass is 345 g/mol. The number of carbonyl (C=O) groups is 1. The first kappa shape index (κ1) is 14.9. The Labute approximate surface area is 130 Å². The van der Waals surface area contributed by atoms with E-state index in [1.165, 1.54) is 6.08 Å². The summed E-state index contributed by atoms with van der Waals surface area (Å²) in [5.41, 5.74) is 6.97. The number of halogens is 1. The molecule has 1 aromatic carbocycles. The largest absolute Gasteiger partial charge is 0.379 e. The van der Waals surface area contributed by atoms with Crippen molar-refractivity contribution >= 4 is 33.8 Å².